The number of allylic oxidation sites excluding steroid dienone is 1. The van der Waals surface area contributed by atoms with Gasteiger partial charge in [0, 0.05) is 12.7 Å². The Kier molecular flexibility index (Phi) is 4.98. The van der Waals surface area contributed by atoms with Gasteiger partial charge in [0.25, 0.3) is 0 Å². The third kappa shape index (κ3) is 3.20. The lowest BCUT2D eigenvalue weighted by Crippen LogP contribution is -2.07. The van der Waals surface area contributed by atoms with Crippen LogP contribution >= 0.6 is 0 Å². The predicted molar refractivity (Wildman–Crippen MR) is 128 cm³/mol. The number of halogens is 4. The van der Waals surface area contributed by atoms with Gasteiger partial charge in [-0.1, -0.05) is 48.5 Å². The minimum atomic E-state index is -2.15. The second-order valence-electron chi connectivity index (χ2n) is 8.53. The van der Waals surface area contributed by atoms with Gasteiger partial charge in [0.05, 0.1) is 27.9 Å². The van der Waals surface area contributed by atoms with Crippen LogP contribution < -0.4 is 0 Å². The number of carbonyl (C=O) groups is 2. The van der Waals surface area contributed by atoms with Crippen molar-refractivity contribution < 1.29 is 27.2 Å². The van der Waals surface area contributed by atoms with Gasteiger partial charge in [-0.25, -0.2) is 22.5 Å². The fourth-order valence-electron chi connectivity index (χ4n) is 4.68. The summed E-state index contributed by atoms with van der Waals surface area (Å²) >= 11 is 0. The number of Topliss-reactive ketones (excluding diaryl/α,β-unsaturated/α-hetero) is 2. The van der Waals surface area contributed by atoms with Crippen molar-refractivity contribution in [3.63, 3.8) is 0 Å². The first-order valence-electron chi connectivity index (χ1n) is 11.2. The molecule has 0 radical (unpaired) electrons. The Balaban J connectivity index is 1.59. The predicted octanol–water partition coefficient (Wildman–Crippen LogP) is 6.05. The first-order valence-corrected chi connectivity index (χ1v) is 11.2. The van der Waals surface area contributed by atoms with Crippen LogP contribution in [0.15, 0.2) is 72.3 Å². The fraction of sp³-hybridized carbons (Fsp3) is 0.0357. The molecule has 182 valence electrons. The molecule has 5 aromatic rings. The Labute approximate surface area is 206 Å². The Bertz CT molecular complexity index is 1750. The molecule has 0 unspecified atom stereocenters. The summed E-state index contributed by atoms with van der Waals surface area (Å²) in [4.78, 5) is 30.5. The number of fused-ring (bicyclic) bond motifs is 2. The minimum absolute atomic E-state index is 0.123. The van der Waals surface area contributed by atoms with Gasteiger partial charge in [-0.15, -0.1) is 0 Å². The van der Waals surface area contributed by atoms with E-state index in [-0.39, 0.29) is 5.82 Å². The van der Waals surface area contributed by atoms with E-state index in [4.69, 9.17) is 0 Å². The Morgan fingerprint density at radius 2 is 1.30 bits per heavy atom. The molecule has 6 rings (SSSR count). The summed E-state index contributed by atoms with van der Waals surface area (Å²) in [5, 5.41) is 0. The molecule has 0 spiro atoms. The van der Waals surface area contributed by atoms with Crippen LogP contribution in [-0.2, 0) is 7.05 Å². The van der Waals surface area contributed by atoms with Crippen molar-refractivity contribution in [1.82, 2.24) is 14.1 Å². The van der Waals surface area contributed by atoms with E-state index in [0.29, 0.717) is 16.9 Å². The maximum Gasteiger partial charge on any atom is 0.201 e. The Morgan fingerprint density at radius 1 is 0.757 bits per heavy atom. The molecule has 0 atom stereocenters. The summed E-state index contributed by atoms with van der Waals surface area (Å²) in [5.41, 5.74) is 0.707. The van der Waals surface area contributed by atoms with Gasteiger partial charge in [-0.2, -0.15) is 0 Å². The molecule has 0 aliphatic heterocycles. The van der Waals surface area contributed by atoms with Crippen molar-refractivity contribution in [3.05, 3.63) is 113 Å². The van der Waals surface area contributed by atoms with Crippen LogP contribution in [-0.4, -0.2) is 25.7 Å². The lowest BCUT2D eigenvalue weighted by atomic mass is 10.1. The summed E-state index contributed by atoms with van der Waals surface area (Å²) in [7, 11) is 1.81. The van der Waals surface area contributed by atoms with Crippen molar-refractivity contribution in [2.24, 2.45) is 7.05 Å². The number of carbonyl (C=O) groups excluding carboxylic acids is 2. The van der Waals surface area contributed by atoms with Gasteiger partial charge < -0.3 is 4.57 Å². The third-order valence-corrected chi connectivity index (χ3v) is 6.44. The number of aromatic nitrogens is 3. The van der Waals surface area contributed by atoms with Crippen LogP contribution in [0.3, 0.4) is 0 Å². The number of rotatable bonds is 3. The maximum atomic E-state index is 14.4. The molecule has 0 bridgehead atoms. The number of benzene rings is 3. The zero-order valence-electron chi connectivity index (χ0n) is 19.1. The van der Waals surface area contributed by atoms with E-state index < -0.39 is 51.5 Å². The standard InChI is InChI=1S/C28H15F4N3O2/c1-34-17(14-8-4-2-5-9-14)13-18-28(34)33-19(35(18)15-10-6-3-7-11-15)12-16-26(36)20-21(27(16)37)23(30)25(32)24(31)22(20)29/h2-13H,1H3. The molecule has 0 N–H and O–H groups in total. The molecule has 5 nitrogen and oxygen atoms in total. The number of hydrogen-bond donors (Lipinski definition) is 0. The van der Waals surface area contributed by atoms with E-state index in [0.717, 1.165) is 17.3 Å². The number of ketones is 2. The summed E-state index contributed by atoms with van der Waals surface area (Å²) in [6.45, 7) is 0. The van der Waals surface area contributed by atoms with Crippen molar-refractivity contribution in [2.75, 3.05) is 0 Å². The lowest BCUT2D eigenvalue weighted by molar-refractivity contribution is 0.0988. The van der Waals surface area contributed by atoms with E-state index >= 15 is 0 Å². The number of aryl methyl sites for hydroxylation is 1. The normalized spacial score (nSPS) is 13.1. The highest BCUT2D eigenvalue weighted by Crippen LogP contribution is 2.36. The monoisotopic (exact) mass is 501 g/mol. The molecule has 0 amide bonds. The van der Waals surface area contributed by atoms with Crippen LogP contribution in [0, 0.1) is 23.3 Å². The molecule has 9 heteroatoms. The van der Waals surface area contributed by atoms with E-state index in [1.807, 2.05) is 54.1 Å². The van der Waals surface area contributed by atoms with Crippen LogP contribution in [0.25, 0.3) is 34.2 Å². The smallest absolute Gasteiger partial charge is 0.201 e. The quantitative estimate of drug-likeness (QED) is 0.0995. The van der Waals surface area contributed by atoms with Gasteiger partial charge >= 0.3 is 0 Å². The third-order valence-electron chi connectivity index (χ3n) is 6.44. The van der Waals surface area contributed by atoms with E-state index in [2.05, 4.69) is 4.98 Å². The maximum absolute atomic E-state index is 14.4. The number of hydrogen-bond acceptors (Lipinski definition) is 3. The molecule has 0 saturated heterocycles. The van der Waals surface area contributed by atoms with Crippen molar-refractivity contribution >= 4 is 28.8 Å². The van der Waals surface area contributed by atoms with Crippen molar-refractivity contribution in [2.45, 2.75) is 0 Å². The summed E-state index contributed by atoms with van der Waals surface area (Å²) < 4.78 is 59.9. The minimum Gasteiger partial charge on any atom is -0.327 e. The molecule has 37 heavy (non-hydrogen) atoms. The van der Waals surface area contributed by atoms with E-state index in [1.54, 1.807) is 28.8 Å². The molecule has 0 fully saturated rings. The van der Waals surface area contributed by atoms with Crippen molar-refractivity contribution in [3.8, 4) is 16.9 Å². The van der Waals surface area contributed by atoms with Gasteiger partial charge in [0.1, 0.15) is 5.82 Å². The molecule has 1 aliphatic rings. The van der Waals surface area contributed by atoms with Crippen LogP contribution in [0.5, 0.6) is 0 Å². The highest BCUT2D eigenvalue weighted by atomic mass is 19.2. The van der Waals surface area contributed by atoms with Crippen LogP contribution in [0.1, 0.15) is 26.5 Å². The van der Waals surface area contributed by atoms with Gasteiger partial charge in [-0.3, -0.25) is 14.2 Å². The fourth-order valence-corrected chi connectivity index (χ4v) is 4.68. The molecule has 3 aromatic carbocycles. The van der Waals surface area contributed by atoms with Gasteiger partial charge in [0.2, 0.25) is 11.6 Å². The highest BCUT2D eigenvalue weighted by Gasteiger charge is 2.42. The molecular weight excluding hydrogens is 486 g/mol. The summed E-state index contributed by atoms with van der Waals surface area (Å²) in [6, 6.07) is 20.4. The zero-order valence-corrected chi connectivity index (χ0v) is 19.1. The molecule has 1 aliphatic carbocycles. The average Bonchev–Trinajstić information content (AvgIpc) is 3.51. The Hall–Kier alpha value is -4.79. The van der Waals surface area contributed by atoms with E-state index in [1.165, 1.54) is 0 Å². The lowest BCUT2D eigenvalue weighted by Gasteiger charge is -2.07. The molecular formula is C28H15F4N3O2. The number of nitrogens with zero attached hydrogens (tertiary/aromatic N) is 3. The van der Waals surface area contributed by atoms with E-state index in [9.17, 15) is 27.2 Å². The second kappa shape index (κ2) is 8.12. The van der Waals surface area contributed by atoms with Crippen LogP contribution in [0.4, 0.5) is 17.6 Å². The SMILES string of the molecule is Cn1c(-c2ccccc2)cc2c1nc(C=C1C(=O)c3c(F)c(F)c(F)c(F)c3C1=O)n2-c1ccccc1. The second-order valence-corrected chi connectivity index (χ2v) is 8.53. The average molecular weight is 501 g/mol. The molecule has 0 saturated carbocycles. The molecule has 2 heterocycles. The van der Waals surface area contributed by atoms with Crippen molar-refractivity contribution in [1.29, 1.82) is 0 Å². The van der Waals surface area contributed by atoms with Crippen LogP contribution in [0.2, 0.25) is 0 Å². The number of imidazole rings is 1. The van der Waals surface area contributed by atoms with Gasteiger partial charge in [-0.05, 0) is 29.8 Å². The summed E-state index contributed by atoms with van der Waals surface area (Å²) in [5.74, 6) is -10.5. The first kappa shape index (κ1) is 22.7. The topological polar surface area (TPSA) is 56.9 Å². The Morgan fingerprint density at radius 3 is 1.86 bits per heavy atom. The summed E-state index contributed by atoms with van der Waals surface area (Å²) in [6.07, 6.45) is 1.09. The number of para-hydroxylation sites is 1. The zero-order chi connectivity index (χ0) is 26.0. The molecule has 2 aromatic heterocycles. The van der Waals surface area contributed by atoms with Gasteiger partial charge in [0.15, 0.2) is 28.9 Å². The highest BCUT2D eigenvalue weighted by molar-refractivity contribution is 6.41. The largest absolute Gasteiger partial charge is 0.327 e. The first-order chi connectivity index (χ1) is 17.8.